The monoisotopic (exact) mass is 275 g/mol. The molecule has 2 aliphatic heterocycles. The maximum Gasteiger partial charge on any atom is 0.237 e. The second kappa shape index (κ2) is 5.81. The Morgan fingerprint density at radius 1 is 1.35 bits per heavy atom. The first-order valence-electron chi connectivity index (χ1n) is 7.27. The number of hydrogen-bond acceptors (Lipinski definition) is 4. The first kappa shape index (κ1) is 13.4. The van der Waals surface area contributed by atoms with Gasteiger partial charge in [-0.3, -0.25) is 4.79 Å². The Kier molecular flexibility index (Phi) is 3.89. The van der Waals surface area contributed by atoms with Crippen LogP contribution >= 0.6 is 0 Å². The summed E-state index contributed by atoms with van der Waals surface area (Å²) in [5, 5.41) is 19.1. The molecular formula is C15H21N3O2. The molecule has 0 aromatic heterocycles. The van der Waals surface area contributed by atoms with E-state index in [0.29, 0.717) is 13.0 Å². The van der Waals surface area contributed by atoms with Gasteiger partial charge >= 0.3 is 0 Å². The summed E-state index contributed by atoms with van der Waals surface area (Å²) in [6, 6.07) is 5.44. The van der Waals surface area contributed by atoms with E-state index in [0.717, 1.165) is 37.1 Å². The molecule has 0 aliphatic carbocycles. The molecular weight excluding hydrogens is 254 g/mol. The third-order valence-corrected chi connectivity index (χ3v) is 4.11. The van der Waals surface area contributed by atoms with Gasteiger partial charge in [-0.25, -0.2) is 0 Å². The van der Waals surface area contributed by atoms with Crippen LogP contribution < -0.4 is 16.0 Å². The largest absolute Gasteiger partial charge is 0.508 e. The van der Waals surface area contributed by atoms with E-state index < -0.39 is 0 Å². The van der Waals surface area contributed by atoms with E-state index in [9.17, 15) is 9.90 Å². The van der Waals surface area contributed by atoms with Crippen LogP contribution in [0.5, 0.6) is 5.75 Å². The summed E-state index contributed by atoms with van der Waals surface area (Å²) in [4.78, 5) is 12.3. The van der Waals surface area contributed by atoms with Gasteiger partial charge in [-0.1, -0.05) is 6.07 Å². The molecule has 5 nitrogen and oxygen atoms in total. The maximum absolute atomic E-state index is 12.3. The predicted octanol–water partition coefficient (Wildman–Crippen LogP) is 0.275. The van der Waals surface area contributed by atoms with E-state index in [-0.39, 0.29) is 23.7 Å². The van der Waals surface area contributed by atoms with Gasteiger partial charge in [0.1, 0.15) is 5.75 Å². The second-order valence-electron chi connectivity index (χ2n) is 5.64. The molecule has 5 heteroatoms. The second-order valence-corrected chi connectivity index (χ2v) is 5.64. The van der Waals surface area contributed by atoms with Crippen LogP contribution in [-0.4, -0.2) is 36.2 Å². The maximum atomic E-state index is 12.3. The van der Waals surface area contributed by atoms with Gasteiger partial charge < -0.3 is 21.1 Å². The molecule has 1 aromatic carbocycles. The van der Waals surface area contributed by atoms with Gasteiger partial charge in [0.25, 0.3) is 0 Å². The quantitative estimate of drug-likeness (QED) is 0.625. The van der Waals surface area contributed by atoms with Crippen molar-refractivity contribution in [3.05, 3.63) is 29.3 Å². The lowest BCUT2D eigenvalue weighted by atomic mass is 9.95. The van der Waals surface area contributed by atoms with Crippen LogP contribution in [0, 0.1) is 0 Å². The van der Waals surface area contributed by atoms with Crippen LogP contribution in [0.2, 0.25) is 0 Å². The van der Waals surface area contributed by atoms with Crippen LogP contribution in [0.15, 0.2) is 18.2 Å². The first-order chi connectivity index (χ1) is 9.72. The van der Waals surface area contributed by atoms with Crippen LogP contribution in [0.4, 0.5) is 0 Å². The lowest BCUT2D eigenvalue weighted by molar-refractivity contribution is -0.124. The molecule has 2 aliphatic rings. The van der Waals surface area contributed by atoms with Crippen molar-refractivity contribution in [2.75, 3.05) is 13.1 Å². The summed E-state index contributed by atoms with van der Waals surface area (Å²) in [6.45, 7) is 2.54. The fraction of sp³-hybridized carbons (Fsp3) is 0.533. The number of phenolic OH excluding ortho intramolecular Hbond substituents is 1. The molecule has 0 radical (unpaired) electrons. The third kappa shape index (κ3) is 2.94. The zero-order chi connectivity index (χ0) is 13.9. The Bertz CT molecular complexity index is 498. The molecule has 0 bridgehead atoms. The summed E-state index contributed by atoms with van der Waals surface area (Å²) in [6.07, 6.45) is 2.85. The lowest BCUT2D eigenvalue weighted by Gasteiger charge is -2.29. The Morgan fingerprint density at radius 2 is 2.25 bits per heavy atom. The Balaban J connectivity index is 1.61. The fourth-order valence-electron chi connectivity index (χ4n) is 2.96. The van der Waals surface area contributed by atoms with Crippen molar-refractivity contribution in [3.63, 3.8) is 0 Å². The number of carbonyl (C=O) groups excluding carboxylic acids is 1. The van der Waals surface area contributed by atoms with Crippen molar-refractivity contribution in [1.29, 1.82) is 0 Å². The van der Waals surface area contributed by atoms with Gasteiger partial charge in [-0.05, 0) is 49.1 Å². The summed E-state index contributed by atoms with van der Waals surface area (Å²) in [7, 11) is 0. The lowest BCUT2D eigenvalue weighted by Crippen LogP contribution is -2.53. The number of aromatic hydroxyl groups is 1. The number of benzene rings is 1. The number of nitrogens with one attached hydrogen (secondary N) is 3. The highest BCUT2D eigenvalue weighted by molar-refractivity contribution is 5.82. The van der Waals surface area contributed by atoms with Crippen molar-refractivity contribution >= 4 is 5.91 Å². The van der Waals surface area contributed by atoms with Crippen LogP contribution in [-0.2, 0) is 17.8 Å². The van der Waals surface area contributed by atoms with Crippen molar-refractivity contribution in [3.8, 4) is 5.75 Å². The smallest absolute Gasteiger partial charge is 0.237 e. The number of rotatable bonds is 2. The van der Waals surface area contributed by atoms with Gasteiger partial charge in [-0.2, -0.15) is 0 Å². The third-order valence-electron chi connectivity index (χ3n) is 4.11. The number of piperidine rings is 1. The standard InChI is InChI=1S/C15H21N3O2/c19-13-4-3-10-7-14(17-8-11(10)6-13)15(20)18-12-2-1-5-16-9-12/h3-4,6,12,14,16-17,19H,1-2,5,7-9H2,(H,18,20)/t12-,14+/m1/s1. The highest BCUT2D eigenvalue weighted by Gasteiger charge is 2.26. The zero-order valence-corrected chi connectivity index (χ0v) is 11.5. The minimum absolute atomic E-state index is 0.0809. The molecule has 108 valence electrons. The topological polar surface area (TPSA) is 73.4 Å². The van der Waals surface area contributed by atoms with E-state index in [1.54, 1.807) is 12.1 Å². The van der Waals surface area contributed by atoms with E-state index in [1.165, 1.54) is 0 Å². The van der Waals surface area contributed by atoms with E-state index in [2.05, 4.69) is 16.0 Å². The number of hydrogen-bond donors (Lipinski definition) is 4. The Morgan fingerprint density at radius 3 is 3.05 bits per heavy atom. The average Bonchev–Trinajstić information content (AvgIpc) is 2.47. The molecule has 2 heterocycles. The normalized spacial score (nSPS) is 25.8. The molecule has 0 saturated carbocycles. The van der Waals surface area contributed by atoms with Crippen molar-refractivity contribution in [1.82, 2.24) is 16.0 Å². The molecule has 0 spiro atoms. The molecule has 1 amide bonds. The minimum atomic E-state index is -0.172. The summed E-state index contributed by atoms with van der Waals surface area (Å²) in [5.74, 6) is 0.360. The van der Waals surface area contributed by atoms with E-state index in [4.69, 9.17) is 0 Å². The highest BCUT2D eigenvalue weighted by Crippen LogP contribution is 2.21. The fourth-order valence-corrected chi connectivity index (χ4v) is 2.96. The number of fused-ring (bicyclic) bond motifs is 1. The molecule has 2 atom stereocenters. The van der Waals surface area contributed by atoms with Crippen molar-refractivity contribution in [2.45, 2.75) is 37.9 Å². The van der Waals surface area contributed by atoms with Crippen LogP contribution in [0.25, 0.3) is 0 Å². The Hall–Kier alpha value is -1.59. The molecule has 1 saturated heterocycles. The number of amides is 1. The van der Waals surface area contributed by atoms with Gasteiger partial charge in [0.15, 0.2) is 0 Å². The first-order valence-corrected chi connectivity index (χ1v) is 7.27. The molecule has 4 N–H and O–H groups in total. The molecule has 20 heavy (non-hydrogen) atoms. The predicted molar refractivity (Wildman–Crippen MR) is 76.5 cm³/mol. The van der Waals surface area contributed by atoms with E-state index in [1.807, 2.05) is 6.07 Å². The number of phenols is 1. The van der Waals surface area contributed by atoms with E-state index >= 15 is 0 Å². The number of carbonyl (C=O) groups is 1. The summed E-state index contributed by atoms with van der Waals surface area (Å²) >= 11 is 0. The van der Waals surface area contributed by atoms with Crippen molar-refractivity contribution in [2.24, 2.45) is 0 Å². The summed E-state index contributed by atoms with van der Waals surface area (Å²) in [5.41, 5.74) is 2.22. The Labute approximate surface area is 118 Å². The van der Waals surface area contributed by atoms with Gasteiger partial charge in [0.2, 0.25) is 5.91 Å². The molecule has 3 rings (SSSR count). The minimum Gasteiger partial charge on any atom is -0.508 e. The SMILES string of the molecule is O=C(N[C@@H]1CCCNC1)[C@@H]1Cc2ccc(O)cc2CN1. The van der Waals surface area contributed by atoms with Crippen LogP contribution in [0.3, 0.4) is 0 Å². The molecule has 1 aromatic rings. The average molecular weight is 275 g/mol. The molecule has 1 fully saturated rings. The van der Waals surface area contributed by atoms with Crippen molar-refractivity contribution < 1.29 is 9.90 Å². The highest BCUT2D eigenvalue weighted by atomic mass is 16.3. The van der Waals surface area contributed by atoms with Crippen LogP contribution in [0.1, 0.15) is 24.0 Å². The zero-order valence-electron chi connectivity index (χ0n) is 11.5. The van der Waals surface area contributed by atoms with Gasteiger partial charge in [-0.15, -0.1) is 0 Å². The summed E-state index contributed by atoms with van der Waals surface area (Å²) < 4.78 is 0. The molecule has 0 unspecified atom stereocenters. The van der Waals surface area contributed by atoms with Gasteiger partial charge in [0, 0.05) is 19.1 Å². The van der Waals surface area contributed by atoms with Gasteiger partial charge in [0.05, 0.1) is 6.04 Å².